The van der Waals surface area contributed by atoms with E-state index in [2.05, 4.69) is 10.2 Å². The zero-order valence-corrected chi connectivity index (χ0v) is 19.9. The molecule has 34 heavy (non-hydrogen) atoms. The molecule has 1 aromatic heterocycles. The van der Waals surface area contributed by atoms with E-state index in [1.807, 2.05) is 12.1 Å². The fraction of sp³-hybridized carbons (Fsp3) is 0.167. The Balaban J connectivity index is 1.72. The van der Waals surface area contributed by atoms with Crippen molar-refractivity contribution in [3.05, 3.63) is 94.3 Å². The Bertz CT molecular complexity index is 1300. The van der Waals surface area contributed by atoms with Gasteiger partial charge in [-0.2, -0.15) is 0 Å². The van der Waals surface area contributed by atoms with Crippen LogP contribution in [0, 0.1) is 11.6 Å². The Morgan fingerprint density at radius 1 is 0.912 bits per heavy atom. The van der Waals surface area contributed by atoms with E-state index >= 15 is 0 Å². The standard InChI is InChI=1S/C24H20ClF2N3O3S/c1-32-21-10-3-15(11-22(21)33-2)12-23-28-29-24(30(23)19-8-6-17(26)7-9-19)34(31)14-16-4-5-18(27)13-20(16)25/h3-11,13H,12,14H2,1-2H3. The number of aromatic nitrogens is 3. The molecule has 0 amide bonds. The Morgan fingerprint density at radius 2 is 1.62 bits per heavy atom. The maximum atomic E-state index is 13.6. The van der Waals surface area contributed by atoms with E-state index in [4.69, 9.17) is 21.1 Å². The predicted molar refractivity (Wildman–Crippen MR) is 125 cm³/mol. The highest BCUT2D eigenvalue weighted by Crippen LogP contribution is 2.30. The van der Waals surface area contributed by atoms with Gasteiger partial charge in [-0.05, 0) is 60.2 Å². The number of hydrogen-bond acceptors (Lipinski definition) is 5. The SMILES string of the molecule is COc1ccc(Cc2nnc([S+]([O-])Cc3ccc(F)cc3Cl)n2-c2ccc(F)cc2)cc1OC. The second kappa shape index (κ2) is 10.4. The van der Waals surface area contributed by atoms with Crippen molar-refractivity contribution < 1.29 is 22.8 Å². The molecule has 3 aromatic carbocycles. The Kier molecular flexibility index (Phi) is 7.35. The molecule has 1 heterocycles. The zero-order valence-electron chi connectivity index (χ0n) is 18.3. The van der Waals surface area contributed by atoms with E-state index in [9.17, 15) is 13.3 Å². The fourth-order valence-corrected chi connectivity index (χ4v) is 4.95. The lowest BCUT2D eigenvalue weighted by molar-refractivity contribution is 0.354. The van der Waals surface area contributed by atoms with E-state index in [1.165, 1.54) is 30.3 Å². The molecule has 176 valence electrons. The maximum absolute atomic E-state index is 13.6. The molecule has 4 aromatic rings. The van der Waals surface area contributed by atoms with Gasteiger partial charge in [-0.25, -0.2) is 13.3 Å². The van der Waals surface area contributed by atoms with Gasteiger partial charge in [0.25, 0.3) is 0 Å². The molecule has 0 radical (unpaired) electrons. The van der Waals surface area contributed by atoms with Gasteiger partial charge in [-0.1, -0.05) is 22.8 Å². The van der Waals surface area contributed by atoms with Gasteiger partial charge in [-0.3, -0.25) is 0 Å². The van der Waals surface area contributed by atoms with Crippen molar-refractivity contribution in [1.29, 1.82) is 0 Å². The molecular weight excluding hydrogens is 484 g/mol. The fourth-order valence-electron chi connectivity index (χ4n) is 3.43. The molecule has 6 nitrogen and oxygen atoms in total. The number of methoxy groups -OCH3 is 2. The number of hydrogen-bond donors (Lipinski definition) is 0. The van der Waals surface area contributed by atoms with Crippen LogP contribution in [0.25, 0.3) is 5.69 Å². The molecule has 0 saturated carbocycles. The van der Waals surface area contributed by atoms with Gasteiger partial charge in [0.05, 0.1) is 24.9 Å². The van der Waals surface area contributed by atoms with Crippen LogP contribution in [0.15, 0.2) is 65.8 Å². The molecule has 0 aliphatic carbocycles. The molecule has 4 rings (SSSR count). The average Bonchev–Trinajstić information content (AvgIpc) is 3.24. The summed E-state index contributed by atoms with van der Waals surface area (Å²) in [5, 5.41) is 8.79. The minimum atomic E-state index is -1.67. The molecule has 0 N–H and O–H groups in total. The van der Waals surface area contributed by atoms with E-state index < -0.39 is 22.8 Å². The summed E-state index contributed by atoms with van der Waals surface area (Å²) in [5.74, 6) is 0.763. The van der Waals surface area contributed by atoms with Crippen molar-refractivity contribution in [3.8, 4) is 17.2 Å². The smallest absolute Gasteiger partial charge is 0.348 e. The maximum Gasteiger partial charge on any atom is 0.348 e. The van der Waals surface area contributed by atoms with Crippen molar-refractivity contribution in [2.45, 2.75) is 17.3 Å². The molecule has 1 atom stereocenters. The van der Waals surface area contributed by atoms with Crippen LogP contribution in [0.3, 0.4) is 0 Å². The minimum Gasteiger partial charge on any atom is -0.609 e. The Morgan fingerprint density at radius 3 is 2.29 bits per heavy atom. The molecule has 1 unspecified atom stereocenters. The van der Waals surface area contributed by atoms with Gasteiger partial charge in [-0.15, -0.1) is 5.10 Å². The van der Waals surface area contributed by atoms with E-state index in [0.717, 1.165) is 5.56 Å². The third-order valence-electron chi connectivity index (χ3n) is 5.10. The van der Waals surface area contributed by atoms with Crippen molar-refractivity contribution in [2.75, 3.05) is 14.2 Å². The lowest BCUT2D eigenvalue weighted by Gasteiger charge is -2.14. The van der Waals surface area contributed by atoms with Crippen molar-refractivity contribution >= 4 is 22.8 Å². The van der Waals surface area contributed by atoms with Crippen LogP contribution in [0.5, 0.6) is 11.5 Å². The third kappa shape index (κ3) is 5.16. The molecule has 10 heteroatoms. The first-order chi connectivity index (χ1) is 16.4. The lowest BCUT2D eigenvalue weighted by Crippen LogP contribution is -2.14. The van der Waals surface area contributed by atoms with Gasteiger partial charge in [0, 0.05) is 23.2 Å². The highest BCUT2D eigenvalue weighted by Gasteiger charge is 2.26. The number of benzene rings is 3. The van der Waals surface area contributed by atoms with Gasteiger partial charge in [0.2, 0.25) is 0 Å². The van der Waals surface area contributed by atoms with Crippen LogP contribution < -0.4 is 9.47 Å². The number of rotatable bonds is 8. The largest absolute Gasteiger partial charge is 0.609 e. The van der Waals surface area contributed by atoms with Gasteiger partial charge < -0.3 is 14.0 Å². The van der Waals surface area contributed by atoms with Gasteiger partial charge in [0.1, 0.15) is 23.2 Å². The van der Waals surface area contributed by atoms with Crippen LogP contribution in [0.4, 0.5) is 8.78 Å². The van der Waals surface area contributed by atoms with Crippen molar-refractivity contribution in [3.63, 3.8) is 0 Å². The molecule has 0 bridgehead atoms. The summed E-state index contributed by atoms with van der Waals surface area (Å²) in [5.41, 5.74) is 1.92. The Labute approximate surface area is 203 Å². The summed E-state index contributed by atoms with van der Waals surface area (Å²) in [4.78, 5) is 0. The second-order valence-corrected chi connectivity index (χ2v) is 9.05. The summed E-state index contributed by atoms with van der Waals surface area (Å²) in [6, 6.07) is 15.1. The van der Waals surface area contributed by atoms with Crippen LogP contribution in [-0.2, 0) is 23.3 Å². The molecule has 0 aliphatic rings. The minimum absolute atomic E-state index is 0.00873. The molecule has 0 spiro atoms. The highest BCUT2D eigenvalue weighted by molar-refractivity contribution is 7.90. The van der Waals surface area contributed by atoms with Crippen LogP contribution in [-0.4, -0.2) is 33.5 Å². The number of nitrogens with zero attached hydrogens (tertiary/aromatic N) is 3. The lowest BCUT2D eigenvalue weighted by atomic mass is 10.1. The van der Waals surface area contributed by atoms with E-state index in [0.29, 0.717) is 35.0 Å². The molecule has 0 fully saturated rings. The summed E-state index contributed by atoms with van der Waals surface area (Å²) in [6.07, 6.45) is 0.333. The van der Waals surface area contributed by atoms with Gasteiger partial charge >= 0.3 is 5.16 Å². The van der Waals surface area contributed by atoms with Crippen molar-refractivity contribution in [1.82, 2.24) is 14.8 Å². The van der Waals surface area contributed by atoms with Crippen LogP contribution >= 0.6 is 11.6 Å². The Hall–Kier alpha value is -3.14. The zero-order chi connectivity index (χ0) is 24.2. The normalized spacial score (nSPS) is 11.9. The van der Waals surface area contributed by atoms with Crippen LogP contribution in [0.2, 0.25) is 5.02 Å². The summed E-state index contributed by atoms with van der Waals surface area (Å²) in [6.45, 7) is 0. The quantitative estimate of drug-likeness (QED) is 0.312. The third-order valence-corrected chi connectivity index (χ3v) is 6.70. The first kappa shape index (κ1) is 24.0. The molecular formula is C24H20ClF2N3O3S. The predicted octanol–water partition coefficient (Wildman–Crippen LogP) is 5.11. The average molecular weight is 504 g/mol. The van der Waals surface area contributed by atoms with Gasteiger partial charge in [0.15, 0.2) is 11.5 Å². The summed E-state index contributed by atoms with van der Waals surface area (Å²) >= 11 is 4.45. The van der Waals surface area contributed by atoms with E-state index in [1.54, 1.807) is 37.0 Å². The monoisotopic (exact) mass is 503 g/mol. The second-order valence-electron chi connectivity index (χ2n) is 7.30. The number of halogens is 3. The summed E-state index contributed by atoms with van der Waals surface area (Å²) < 4.78 is 52.6. The molecule has 0 aliphatic heterocycles. The highest BCUT2D eigenvalue weighted by atomic mass is 35.5. The van der Waals surface area contributed by atoms with Crippen molar-refractivity contribution in [2.24, 2.45) is 0 Å². The van der Waals surface area contributed by atoms with E-state index in [-0.39, 0.29) is 15.9 Å². The summed E-state index contributed by atoms with van der Waals surface area (Å²) in [7, 11) is 3.10. The topological polar surface area (TPSA) is 72.2 Å². The number of ether oxygens (including phenoxy) is 2. The molecule has 0 saturated heterocycles. The first-order valence-corrected chi connectivity index (χ1v) is 11.8. The first-order valence-electron chi connectivity index (χ1n) is 10.1. The van der Waals surface area contributed by atoms with Crippen LogP contribution in [0.1, 0.15) is 17.0 Å².